The van der Waals surface area contributed by atoms with E-state index in [1.54, 1.807) is 12.4 Å². The van der Waals surface area contributed by atoms with E-state index in [1.165, 1.54) is 42.3 Å². The van der Waals surface area contributed by atoms with Crippen LogP contribution >= 0.6 is 0 Å². The maximum atomic E-state index is 5.05. The minimum absolute atomic E-state index is 0.472. The number of aromatic nitrogens is 4. The highest BCUT2D eigenvalue weighted by atomic mass is 15.4. The first kappa shape index (κ1) is 15.9. The molecule has 0 radical (unpaired) electrons. The van der Waals surface area contributed by atoms with Crippen molar-refractivity contribution in [3.63, 3.8) is 0 Å². The topological polar surface area (TPSA) is 55.6 Å². The summed E-state index contributed by atoms with van der Waals surface area (Å²) >= 11 is 0. The van der Waals surface area contributed by atoms with E-state index in [2.05, 4.69) is 40.4 Å². The predicted octanol–water partition coefficient (Wildman–Crippen LogP) is 3.62. The molecular formula is C21H25N5. The van der Waals surface area contributed by atoms with E-state index >= 15 is 0 Å². The average Bonchev–Trinajstić information content (AvgIpc) is 3.41. The summed E-state index contributed by atoms with van der Waals surface area (Å²) in [7, 11) is 0. The Labute approximate surface area is 153 Å². The summed E-state index contributed by atoms with van der Waals surface area (Å²) in [6.07, 6.45) is 9.01. The van der Waals surface area contributed by atoms with Crippen molar-refractivity contribution in [1.29, 1.82) is 0 Å². The standard InChI is InChI=1S/C21H25N5/c1-14-3-6-17-19(11-14)26(21-23-8-2-9-24-21)25-20(17)18-13-22-10-7-16(18)12-15-4-5-15/h2-3,6,8-9,11,15-16,18,22H,4-5,7,10,12-13H2,1H3. The first-order chi connectivity index (χ1) is 12.8. The molecule has 1 saturated carbocycles. The largest absolute Gasteiger partial charge is 0.316 e. The fourth-order valence-electron chi connectivity index (χ4n) is 4.37. The Morgan fingerprint density at radius 1 is 1.15 bits per heavy atom. The zero-order valence-corrected chi connectivity index (χ0v) is 15.2. The summed E-state index contributed by atoms with van der Waals surface area (Å²) in [6.45, 7) is 4.28. The van der Waals surface area contributed by atoms with Gasteiger partial charge in [-0.3, -0.25) is 0 Å². The van der Waals surface area contributed by atoms with Crippen LogP contribution in [-0.2, 0) is 0 Å². The molecule has 2 unspecified atom stereocenters. The molecule has 1 saturated heterocycles. The Morgan fingerprint density at radius 3 is 2.81 bits per heavy atom. The van der Waals surface area contributed by atoms with Crippen molar-refractivity contribution >= 4 is 10.9 Å². The van der Waals surface area contributed by atoms with Crippen molar-refractivity contribution in [2.24, 2.45) is 11.8 Å². The van der Waals surface area contributed by atoms with Gasteiger partial charge in [0.05, 0.1) is 11.2 Å². The average molecular weight is 347 g/mol. The zero-order valence-electron chi connectivity index (χ0n) is 15.2. The Kier molecular flexibility index (Phi) is 3.97. The minimum atomic E-state index is 0.472. The van der Waals surface area contributed by atoms with Gasteiger partial charge in [-0.1, -0.05) is 25.0 Å². The van der Waals surface area contributed by atoms with Gasteiger partial charge in [0.25, 0.3) is 5.95 Å². The van der Waals surface area contributed by atoms with Crippen LogP contribution in [0.25, 0.3) is 16.9 Å². The number of hydrogen-bond donors (Lipinski definition) is 1. The minimum Gasteiger partial charge on any atom is -0.316 e. The Hall–Kier alpha value is -2.27. The van der Waals surface area contributed by atoms with Crippen LogP contribution in [0.3, 0.4) is 0 Å². The van der Waals surface area contributed by atoms with E-state index in [1.807, 2.05) is 10.7 Å². The van der Waals surface area contributed by atoms with Gasteiger partial charge in [0, 0.05) is 30.2 Å². The van der Waals surface area contributed by atoms with E-state index in [-0.39, 0.29) is 0 Å². The third kappa shape index (κ3) is 2.90. The van der Waals surface area contributed by atoms with Crippen molar-refractivity contribution in [3.05, 3.63) is 47.9 Å². The summed E-state index contributed by atoms with van der Waals surface area (Å²) in [5, 5.41) is 9.90. The Morgan fingerprint density at radius 2 is 2.00 bits per heavy atom. The lowest BCUT2D eigenvalue weighted by Crippen LogP contribution is -2.35. The summed E-state index contributed by atoms with van der Waals surface area (Å²) in [5.74, 6) is 2.80. The molecule has 3 heterocycles. The van der Waals surface area contributed by atoms with Gasteiger partial charge in [-0.05, 0) is 55.8 Å². The molecule has 134 valence electrons. The number of hydrogen-bond acceptors (Lipinski definition) is 4. The molecule has 1 N–H and O–H groups in total. The van der Waals surface area contributed by atoms with E-state index in [4.69, 9.17) is 5.10 Å². The van der Waals surface area contributed by atoms with Crippen molar-refractivity contribution < 1.29 is 0 Å². The molecular weight excluding hydrogens is 322 g/mol. The molecule has 3 aromatic rings. The summed E-state index contributed by atoms with van der Waals surface area (Å²) in [5.41, 5.74) is 3.56. The number of nitrogens with zero attached hydrogens (tertiary/aromatic N) is 4. The van der Waals surface area contributed by atoms with Crippen molar-refractivity contribution in [2.75, 3.05) is 13.1 Å². The summed E-state index contributed by atoms with van der Waals surface area (Å²) < 4.78 is 1.93. The number of fused-ring (bicyclic) bond motifs is 1. The summed E-state index contributed by atoms with van der Waals surface area (Å²) in [4.78, 5) is 8.88. The molecule has 5 nitrogen and oxygen atoms in total. The second-order valence-electron chi connectivity index (χ2n) is 7.90. The van der Waals surface area contributed by atoms with Gasteiger partial charge in [0.1, 0.15) is 0 Å². The molecule has 5 heteroatoms. The second kappa shape index (κ2) is 6.47. The lowest BCUT2D eigenvalue weighted by Gasteiger charge is -2.31. The number of benzene rings is 1. The fraction of sp³-hybridized carbons (Fsp3) is 0.476. The van der Waals surface area contributed by atoms with Crippen LogP contribution in [0.2, 0.25) is 0 Å². The smallest absolute Gasteiger partial charge is 0.251 e. The van der Waals surface area contributed by atoms with E-state index in [9.17, 15) is 0 Å². The van der Waals surface area contributed by atoms with E-state index < -0.39 is 0 Å². The van der Waals surface area contributed by atoms with E-state index in [0.717, 1.165) is 30.4 Å². The maximum Gasteiger partial charge on any atom is 0.251 e. The van der Waals surface area contributed by atoms with Crippen LogP contribution in [-0.4, -0.2) is 32.8 Å². The SMILES string of the molecule is Cc1ccc2c(C3CNCCC3CC3CC3)nn(-c3ncccn3)c2c1. The summed E-state index contributed by atoms with van der Waals surface area (Å²) in [6, 6.07) is 8.47. The molecule has 2 fully saturated rings. The molecule has 2 atom stereocenters. The zero-order chi connectivity index (χ0) is 17.5. The quantitative estimate of drug-likeness (QED) is 0.783. The van der Waals surface area contributed by atoms with Gasteiger partial charge < -0.3 is 5.32 Å². The molecule has 2 aromatic heterocycles. The second-order valence-corrected chi connectivity index (χ2v) is 7.90. The number of piperidine rings is 1. The van der Waals surface area contributed by atoms with Gasteiger partial charge in [0.15, 0.2) is 0 Å². The third-order valence-corrected chi connectivity index (χ3v) is 5.92. The van der Waals surface area contributed by atoms with Crippen molar-refractivity contribution in [2.45, 2.75) is 38.5 Å². The van der Waals surface area contributed by atoms with Crippen molar-refractivity contribution in [3.8, 4) is 5.95 Å². The molecule has 5 rings (SSSR count). The number of aryl methyl sites for hydroxylation is 1. The highest BCUT2D eigenvalue weighted by molar-refractivity contribution is 5.84. The molecule has 0 amide bonds. The van der Waals surface area contributed by atoms with E-state index in [0.29, 0.717) is 11.9 Å². The number of rotatable bonds is 4. The Bertz CT molecular complexity index is 913. The molecule has 0 bridgehead atoms. The number of nitrogens with one attached hydrogen (secondary N) is 1. The highest BCUT2D eigenvalue weighted by Gasteiger charge is 2.34. The van der Waals surface area contributed by atoms with Crippen LogP contribution < -0.4 is 5.32 Å². The van der Waals surface area contributed by atoms with Crippen LogP contribution in [0.4, 0.5) is 0 Å². The molecule has 1 aromatic carbocycles. The van der Waals surface area contributed by atoms with Gasteiger partial charge in [0.2, 0.25) is 0 Å². The Balaban J connectivity index is 1.62. The van der Waals surface area contributed by atoms with Gasteiger partial charge in [-0.25, -0.2) is 9.97 Å². The van der Waals surface area contributed by atoms with Gasteiger partial charge in [-0.2, -0.15) is 9.78 Å². The van der Waals surface area contributed by atoms with Crippen LogP contribution in [0.5, 0.6) is 0 Å². The van der Waals surface area contributed by atoms with Crippen LogP contribution in [0.1, 0.15) is 42.9 Å². The molecule has 0 spiro atoms. The van der Waals surface area contributed by atoms with Crippen molar-refractivity contribution in [1.82, 2.24) is 25.1 Å². The molecule has 26 heavy (non-hydrogen) atoms. The molecule has 2 aliphatic rings. The van der Waals surface area contributed by atoms with Crippen LogP contribution in [0, 0.1) is 18.8 Å². The van der Waals surface area contributed by atoms with Crippen LogP contribution in [0.15, 0.2) is 36.7 Å². The third-order valence-electron chi connectivity index (χ3n) is 5.92. The normalized spacial score (nSPS) is 23.4. The lowest BCUT2D eigenvalue weighted by molar-refractivity contribution is 0.291. The highest BCUT2D eigenvalue weighted by Crippen LogP contribution is 2.43. The predicted molar refractivity (Wildman–Crippen MR) is 102 cm³/mol. The van der Waals surface area contributed by atoms with Gasteiger partial charge in [-0.15, -0.1) is 0 Å². The lowest BCUT2D eigenvalue weighted by atomic mass is 9.80. The first-order valence-electron chi connectivity index (χ1n) is 9.77. The molecule has 1 aliphatic carbocycles. The fourth-order valence-corrected chi connectivity index (χ4v) is 4.37. The van der Waals surface area contributed by atoms with Gasteiger partial charge >= 0.3 is 0 Å². The molecule has 1 aliphatic heterocycles. The monoisotopic (exact) mass is 347 g/mol. The maximum absolute atomic E-state index is 5.05. The first-order valence-corrected chi connectivity index (χ1v) is 9.77.